The summed E-state index contributed by atoms with van der Waals surface area (Å²) in [6.07, 6.45) is -0.896. The number of aromatic nitrogens is 2. The molecule has 0 aliphatic rings. The van der Waals surface area contributed by atoms with Crippen LogP contribution in [0.5, 0.6) is 0 Å². The number of halogens is 3. The third kappa shape index (κ3) is 3.27. The average Bonchev–Trinajstić information content (AvgIpc) is 2.83. The van der Waals surface area contributed by atoms with Crippen LogP contribution in [0.3, 0.4) is 0 Å². The Morgan fingerprint density at radius 1 is 1.26 bits per heavy atom. The Bertz CT molecular complexity index is 546. The first kappa shape index (κ1) is 13.5. The van der Waals surface area contributed by atoms with E-state index in [4.69, 9.17) is 0 Å². The Morgan fingerprint density at radius 3 is 2.63 bits per heavy atom. The molecule has 0 amide bonds. The summed E-state index contributed by atoms with van der Waals surface area (Å²) >= 11 is 0. The Hall–Kier alpha value is -1.98. The van der Waals surface area contributed by atoms with Gasteiger partial charge in [0.2, 0.25) is 0 Å². The molecule has 2 aromatic rings. The van der Waals surface area contributed by atoms with Crippen LogP contribution < -0.4 is 5.32 Å². The van der Waals surface area contributed by atoms with Gasteiger partial charge >= 0.3 is 6.18 Å². The number of anilines is 1. The lowest BCUT2D eigenvalue weighted by atomic mass is 10.1. The van der Waals surface area contributed by atoms with Crippen LogP contribution >= 0.6 is 0 Å². The topological polar surface area (TPSA) is 29.9 Å². The van der Waals surface area contributed by atoms with Crippen LogP contribution in [0.4, 0.5) is 18.9 Å². The minimum absolute atomic E-state index is 0.0826. The largest absolute Gasteiger partial charge is 0.418 e. The fraction of sp³-hybridized carbons (Fsp3) is 0.308. The van der Waals surface area contributed by atoms with Crippen LogP contribution in [0.25, 0.3) is 0 Å². The Morgan fingerprint density at radius 2 is 2.00 bits per heavy atom. The van der Waals surface area contributed by atoms with Crippen molar-refractivity contribution in [2.45, 2.75) is 26.2 Å². The first-order valence-corrected chi connectivity index (χ1v) is 5.92. The Balaban J connectivity index is 2.11. The van der Waals surface area contributed by atoms with Crippen LogP contribution in [-0.2, 0) is 19.3 Å². The van der Waals surface area contributed by atoms with E-state index in [9.17, 15) is 13.2 Å². The highest BCUT2D eigenvalue weighted by Gasteiger charge is 2.32. The number of rotatable bonds is 4. The number of alkyl halides is 3. The highest BCUT2D eigenvalue weighted by molar-refractivity contribution is 5.52. The summed E-state index contributed by atoms with van der Waals surface area (Å²) in [5, 5.41) is 6.87. The van der Waals surface area contributed by atoms with E-state index < -0.39 is 11.7 Å². The molecule has 0 saturated carbocycles. The zero-order chi connectivity index (χ0) is 13.9. The van der Waals surface area contributed by atoms with Gasteiger partial charge in [-0.15, -0.1) is 0 Å². The lowest BCUT2D eigenvalue weighted by Crippen LogP contribution is -2.10. The molecule has 1 heterocycles. The smallest absolute Gasteiger partial charge is 0.380 e. The molecule has 0 spiro atoms. The fourth-order valence-electron chi connectivity index (χ4n) is 1.75. The molecule has 0 unspecified atom stereocenters. The van der Waals surface area contributed by atoms with Gasteiger partial charge in [-0.2, -0.15) is 18.3 Å². The second-order valence-electron chi connectivity index (χ2n) is 4.10. The van der Waals surface area contributed by atoms with Gasteiger partial charge in [0, 0.05) is 30.5 Å². The Kier molecular flexibility index (Phi) is 3.78. The summed E-state index contributed by atoms with van der Waals surface area (Å²) in [4.78, 5) is 0. The number of benzene rings is 1. The molecule has 6 heteroatoms. The normalized spacial score (nSPS) is 11.6. The predicted molar refractivity (Wildman–Crippen MR) is 66.7 cm³/mol. The van der Waals surface area contributed by atoms with Crippen LogP contribution in [0.15, 0.2) is 36.7 Å². The van der Waals surface area contributed by atoms with Crippen molar-refractivity contribution >= 4 is 5.69 Å². The van der Waals surface area contributed by atoms with Crippen LogP contribution in [0.2, 0.25) is 0 Å². The maximum Gasteiger partial charge on any atom is 0.418 e. The van der Waals surface area contributed by atoms with Crippen molar-refractivity contribution in [3.8, 4) is 0 Å². The molecule has 1 aromatic heterocycles. The summed E-state index contributed by atoms with van der Waals surface area (Å²) in [7, 11) is 0. The highest BCUT2D eigenvalue weighted by atomic mass is 19.4. The van der Waals surface area contributed by atoms with Crippen molar-refractivity contribution in [3.05, 3.63) is 47.8 Å². The standard InChI is InChI=1S/C13H14F3N3/c1-2-19-9-10(8-18-19)7-17-12-6-4-3-5-11(12)13(14,15)16/h3-6,8-9,17H,2,7H2,1H3. The van der Waals surface area contributed by atoms with Gasteiger partial charge in [0.25, 0.3) is 0 Å². The number of nitrogens with one attached hydrogen (secondary N) is 1. The van der Waals surface area contributed by atoms with Crippen molar-refractivity contribution in [2.24, 2.45) is 0 Å². The molecule has 2 rings (SSSR count). The predicted octanol–water partition coefficient (Wildman–Crippen LogP) is 3.53. The summed E-state index contributed by atoms with van der Waals surface area (Å²) < 4.78 is 40.1. The van der Waals surface area contributed by atoms with E-state index in [0.29, 0.717) is 6.54 Å². The van der Waals surface area contributed by atoms with Gasteiger partial charge < -0.3 is 5.32 Å². The lowest BCUT2D eigenvalue weighted by Gasteiger charge is -2.13. The quantitative estimate of drug-likeness (QED) is 0.920. The minimum Gasteiger partial charge on any atom is -0.380 e. The first-order chi connectivity index (χ1) is 9.00. The molecular formula is C13H14F3N3. The van der Waals surface area contributed by atoms with Gasteiger partial charge in [-0.3, -0.25) is 4.68 Å². The van der Waals surface area contributed by atoms with Gasteiger partial charge in [-0.25, -0.2) is 0 Å². The number of aryl methyl sites for hydroxylation is 1. The molecular weight excluding hydrogens is 255 g/mol. The molecule has 0 aliphatic carbocycles. The summed E-state index contributed by atoms with van der Waals surface area (Å²) in [6.45, 7) is 3.00. The third-order valence-corrected chi connectivity index (χ3v) is 2.73. The second kappa shape index (κ2) is 5.34. The van der Waals surface area contributed by atoms with Gasteiger partial charge in [-0.05, 0) is 19.1 Å². The van der Waals surface area contributed by atoms with Crippen molar-refractivity contribution < 1.29 is 13.2 Å². The molecule has 0 atom stereocenters. The zero-order valence-electron chi connectivity index (χ0n) is 10.4. The summed E-state index contributed by atoms with van der Waals surface area (Å²) in [5.41, 5.74) is 0.274. The molecule has 0 saturated heterocycles. The molecule has 0 fully saturated rings. The van der Waals surface area contributed by atoms with E-state index in [1.54, 1.807) is 16.9 Å². The number of hydrogen-bond acceptors (Lipinski definition) is 2. The van der Waals surface area contributed by atoms with Crippen LogP contribution in [0, 0.1) is 0 Å². The maximum absolute atomic E-state index is 12.8. The number of nitrogens with zero attached hydrogens (tertiary/aromatic N) is 2. The highest BCUT2D eigenvalue weighted by Crippen LogP contribution is 2.34. The van der Waals surface area contributed by atoms with Crippen molar-refractivity contribution in [3.63, 3.8) is 0 Å². The monoisotopic (exact) mass is 269 g/mol. The van der Waals surface area contributed by atoms with Gasteiger partial charge in [-0.1, -0.05) is 12.1 Å². The van der Waals surface area contributed by atoms with E-state index in [2.05, 4.69) is 10.4 Å². The van der Waals surface area contributed by atoms with Crippen molar-refractivity contribution in [1.82, 2.24) is 9.78 Å². The molecule has 0 bridgehead atoms. The van der Waals surface area contributed by atoms with Gasteiger partial charge in [0.1, 0.15) is 0 Å². The second-order valence-corrected chi connectivity index (χ2v) is 4.10. The molecule has 3 nitrogen and oxygen atoms in total. The number of hydrogen-bond donors (Lipinski definition) is 1. The van der Waals surface area contributed by atoms with Crippen molar-refractivity contribution in [2.75, 3.05) is 5.32 Å². The lowest BCUT2D eigenvalue weighted by molar-refractivity contribution is -0.136. The van der Waals surface area contributed by atoms with E-state index >= 15 is 0 Å². The molecule has 1 aromatic carbocycles. The first-order valence-electron chi connectivity index (χ1n) is 5.92. The average molecular weight is 269 g/mol. The third-order valence-electron chi connectivity index (χ3n) is 2.73. The van der Waals surface area contributed by atoms with Gasteiger partial charge in [0.05, 0.1) is 11.8 Å². The van der Waals surface area contributed by atoms with E-state index in [0.717, 1.165) is 18.2 Å². The summed E-state index contributed by atoms with van der Waals surface area (Å²) in [5.74, 6) is 0. The zero-order valence-corrected chi connectivity index (χ0v) is 10.4. The Labute approximate surface area is 109 Å². The molecule has 0 radical (unpaired) electrons. The number of para-hydroxylation sites is 1. The minimum atomic E-state index is -4.35. The van der Waals surface area contributed by atoms with Crippen LogP contribution in [-0.4, -0.2) is 9.78 Å². The molecule has 19 heavy (non-hydrogen) atoms. The summed E-state index contributed by atoms with van der Waals surface area (Å²) in [6, 6.07) is 5.45. The van der Waals surface area contributed by atoms with Crippen molar-refractivity contribution in [1.29, 1.82) is 0 Å². The van der Waals surface area contributed by atoms with E-state index in [1.165, 1.54) is 12.1 Å². The SMILES string of the molecule is CCn1cc(CNc2ccccc2C(F)(F)F)cn1. The van der Waals surface area contributed by atoms with Crippen LogP contribution in [0.1, 0.15) is 18.1 Å². The van der Waals surface area contributed by atoms with Gasteiger partial charge in [0.15, 0.2) is 0 Å². The maximum atomic E-state index is 12.8. The molecule has 102 valence electrons. The molecule has 0 aliphatic heterocycles. The van der Waals surface area contributed by atoms with E-state index in [1.807, 2.05) is 13.1 Å². The molecule has 1 N–H and O–H groups in total. The fourth-order valence-corrected chi connectivity index (χ4v) is 1.75. The van der Waals surface area contributed by atoms with E-state index in [-0.39, 0.29) is 5.69 Å².